The maximum Gasteiger partial charge on any atom is 0.264 e. The highest BCUT2D eigenvalue weighted by atomic mass is 32.2. The van der Waals surface area contributed by atoms with Gasteiger partial charge in [-0.1, -0.05) is 24.3 Å². The highest BCUT2D eigenvalue weighted by Gasteiger charge is 2.27. The molecule has 0 aliphatic heterocycles. The summed E-state index contributed by atoms with van der Waals surface area (Å²) in [5.74, 6) is -0.642. The third-order valence-corrected chi connectivity index (χ3v) is 8.90. The van der Waals surface area contributed by atoms with Gasteiger partial charge in [-0.15, -0.1) is 0 Å². The van der Waals surface area contributed by atoms with Gasteiger partial charge < -0.3 is 5.32 Å². The average Bonchev–Trinajstić information content (AvgIpc) is 2.86. The minimum atomic E-state index is -4.06. The number of amides is 1. The Hall–Kier alpha value is -4.29. The van der Waals surface area contributed by atoms with E-state index < -0.39 is 32.5 Å². The molecule has 40 heavy (non-hydrogen) atoms. The maximum absolute atomic E-state index is 13.6. The molecule has 1 aromatic heterocycles. The quantitative estimate of drug-likeness (QED) is 0.301. The minimum absolute atomic E-state index is 0.0408. The summed E-state index contributed by atoms with van der Waals surface area (Å²) in [5, 5.41) is 2.65. The molecule has 4 rings (SSSR count). The van der Waals surface area contributed by atoms with E-state index in [2.05, 4.69) is 20.0 Å². The van der Waals surface area contributed by atoms with E-state index in [4.69, 9.17) is 0 Å². The van der Waals surface area contributed by atoms with Crippen molar-refractivity contribution in [2.45, 2.75) is 37.5 Å². The van der Waals surface area contributed by atoms with Crippen LogP contribution in [-0.4, -0.2) is 39.3 Å². The highest BCUT2D eigenvalue weighted by Crippen LogP contribution is 2.26. The summed E-state index contributed by atoms with van der Waals surface area (Å²) in [6.45, 7) is 6.67. The molecule has 10 nitrogen and oxygen atoms in total. The molecule has 0 aliphatic carbocycles. The number of aromatic nitrogens is 2. The van der Waals surface area contributed by atoms with Crippen molar-refractivity contribution in [2.75, 3.05) is 20.9 Å². The Balaban J connectivity index is 1.54. The molecular weight excluding hydrogens is 550 g/mol. The largest absolute Gasteiger partial charge is 0.325 e. The molecule has 4 aromatic rings. The summed E-state index contributed by atoms with van der Waals surface area (Å²) >= 11 is 0. The predicted molar refractivity (Wildman–Crippen MR) is 154 cm³/mol. The molecule has 208 valence electrons. The number of hydrogen-bond donors (Lipinski definition) is 2. The van der Waals surface area contributed by atoms with Crippen molar-refractivity contribution in [1.29, 1.82) is 0 Å². The van der Waals surface area contributed by atoms with Crippen molar-refractivity contribution >= 4 is 43.3 Å². The second-order valence-corrected chi connectivity index (χ2v) is 12.9. The van der Waals surface area contributed by atoms with Gasteiger partial charge in [0.15, 0.2) is 0 Å². The summed E-state index contributed by atoms with van der Waals surface area (Å²) in [6, 6.07) is 20.4. The average molecular weight is 580 g/mol. The zero-order chi connectivity index (χ0) is 29.1. The Morgan fingerprint density at radius 1 is 0.750 bits per heavy atom. The molecule has 0 radical (unpaired) electrons. The molecule has 3 aromatic carbocycles. The molecule has 0 saturated heterocycles. The van der Waals surface area contributed by atoms with Crippen LogP contribution < -0.4 is 14.3 Å². The van der Waals surface area contributed by atoms with Gasteiger partial charge in [0.05, 0.1) is 15.5 Å². The van der Waals surface area contributed by atoms with E-state index in [0.29, 0.717) is 22.8 Å². The summed E-state index contributed by atoms with van der Waals surface area (Å²) in [5.41, 5.74) is 3.59. The second-order valence-electron chi connectivity index (χ2n) is 9.32. The lowest BCUT2D eigenvalue weighted by atomic mass is 10.1. The fraction of sp³-hybridized carbons (Fsp3) is 0.179. The smallest absolute Gasteiger partial charge is 0.264 e. The van der Waals surface area contributed by atoms with Gasteiger partial charge >= 0.3 is 0 Å². The van der Waals surface area contributed by atoms with Crippen LogP contribution in [-0.2, 0) is 24.8 Å². The Bertz CT molecular complexity index is 1720. The fourth-order valence-electron chi connectivity index (χ4n) is 4.13. The number of sulfonamides is 2. The molecule has 1 heterocycles. The molecule has 0 spiro atoms. The van der Waals surface area contributed by atoms with Crippen LogP contribution in [0.25, 0.3) is 0 Å². The molecule has 12 heteroatoms. The summed E-state index contributed by atoms with van der Waals surface area (Å²) < 4.78 is 56.1. The lowest BCUT2D eigenvalue weighted by Gasteiger charge is -2.25. The van der Waals surface area contributed by atoms with E-state index >= 15 is 0 Å². The SMILES string of the molecule is Cc1cc(C)cc(N(CC(=O)Nc2ccc(S(=O)(=O)Nc3nc(C)cc(C)n3)cc2)S(=O)(=O)c2ccccc2)c1. The summed E-state index contributed by atoms with van der Waals surface area (Å²) in [7, 11) is -8.04. The zero-order valence-corrected chi connectivity index (χ0v) is 24.0. The number of benzene rings is 3. The fourth-order valence-corrected chi connectivity index (χ4v) is 6.50. The molecule has 0 atom stereocenters. The minimum Gasteiger partial charge on any atom is -0.325 e. The number of anilines is 3. The first-order chi connectivity index (χ1) is 18.8. The lowest BCUT2D eigenvalue weighted by Crippen LogP contribution is -2.38. The second kappa shape index (κ2) is 11.4. The van der Waals surface area contributed by atoms with Crippen LogP contribution in [0, 0.1) is 27.7 Å². The van der Waals surface area contributed by atoms with Crippen molar-refractivity contribution < 1.29 is 21.6 Å². The molecule has 0 aliphatic rings. The monoisotopic (exact) mass is 579 g/mol. The topological polar surface area (TPSA) is 138 Å². The third-order valence-electron chi connectivity index (χ3n) is 5.77. The number of carbonyl (C=O) groups is 1. The summed E-state index contributed by atoms with van der Waals surface area (Å²) in [4.78, 5) is 21.2. The van der Waals surface area contributed by atoms with Crippen LogP contribution >= 0.6 is 0 Å². The van der Waals surface area contributed by atoms with Gasteiger partial charge in [-0.2, -0.15) is 0 Å². The summed E-state index contributed by atoms with van der Waals surface area (Å²) in [6.07, 6.45) is 0. The van der Waals surface area contributed by atoms with Gasteiger partial charge in [-0.25, -0.2) is 31.5 Å². The Morgan fingerprint density at radius 3 is 1.90 bits per heavy atom. The molecule has 0 fully saturated rings. The van der Waals surface area contributed by atoms with Crippen LogP contribution in [0.3, 0.4) is 0 Å². The number of carbonyl (C=O) groups excluding carboxylic acids is 1. The van der Waals surface area contributed by atoms with Gasteiger partial charge in [-0.3, -0.25) is 9.10 Å². The number of rotatable bonds is 9. The Kier molecular flexibility index (Phi) is 8.21. The number of aryl methyl sites for hydroxylation is 4. The van der Waals surface area contributed by atoms with Crippen molar-refractivity contribution in [3.8, 4) is 0 Å². The molecule has 2 N–H and O–H groups in total. The molecule has 0 saturated carbocycles. The van der Waals surface area contributed by atoms with Crippen molar-refractivity contribution in [3.05, 3.63) is 101 Å². The molecular formula is C28H29N5O5S2. The van der Waals surface area contributed by atoms with Gasteiger partial charge in [0.25, 0.3) is 20.0 Å². The van der Waals surface area contributed by atoms with Crippen LogP contribution in [0.2, 0.25) is 0 Å². The highest BCUT2D eigenvalue weighted by molar-refractivity contribution is 7.93. The predicted octanol–water partition coefficient (Wildman–Crippen LogP) is 4.35. The van der Waals surface area contributed by atoms with Crippen molar-refractivity contribution in [3.63, 3.8) is 0 Å². The molecule has 0 unspecified atom stereocenters. The van der Waals surface area contributed by atoms with Crippen LogP contribution in [0.1, 0.15) is 22.5 Å². The number of nitrogens with one attached hydrogen (secondary N) is 2. The van der Waals surface area contributed by atoms with E-state index in [1.807, 2.05) is 19.9 Å². The van der Waals surface area contributed by atoms with Gasteiger partial charge in [-0.05, 0) is 93.4 Å². The van der Waals surface area contributed by atoms with E-state index in [9.17, 15) is 21.6 Å². The normalized spacial score (nSPS) is 11.6. The van der Waals surface area contributed by atoms with E-state index in [1.165, 1.54) is 36.4 Å². The van der Waals surface area contributed by atoms with E-state index in [1.54, 1.807) is 50.2 Å². The zero-order valence-electron chi connectivity index (χ0n) is 22.4. The van der Waals surface area contributed by atoms with Crippen LogP contribution in [0.4, 0.5) is 17.3 Å². The van der Waals surface area contributed by atoms with Crippen molar-refractivity contribution in [2.24, 2.45) is 0 Å². The molecule has 0 bridgehead atoms. The van der Waals surface area contributed by atoms with Gasteiger partial charge in [0, 0.05) is 17.1 Å². The number of nitrogens with zero attached hydrogens (tertiary/aromatic N) is 3. The first kappa shape index (κ1) is 28.7. The Morgan fingerprint density at radius 2 is 1.32 bits per heavy atom. The standard InChI is InChI=1S/C28H29N5O5S2/c1-19-14-20(2)16-24(15-19)33(40(37,38)26-8-6-5-7-9-26)18-27(34)31-23-10-12-25(13-11-23)39(35,36)32-28-29-21(3)17-22(4)30-28/h5-17H,18H2,1-4H3,(H,31,34)(H,29,30,32). The van der Waals surface area contributed by atoms with E-state index in [-0.39, 0.29) is 15.7 Å². The van der Waals surface area contributed by atoms with Crippen LogP contribution in [0.15, 0.2) is 88.7 Å². The third kappa shape index (κ3) is 6.82. The van der Waals surface area contributed by atoms with Gasteiger partial charge in [0.2, 0.25) is 11.9 Å². The number of hydrogen-bond acceptors (Lipinski definition) is 7. The maximum atomic E-state index is 13.6. The first-order valence-corrected chi connectivity index (χ1v) is 15.2. The molecule has 1 amide bonds. The lowest BCUT2D eigenvalue weighted by molar-refractivity contribution is -0.114. The first-order valence-electron chi connectivity index (χ1n) is 12.2. The van der Waals surface area contributed by atoms with Gasteiger partial charge in [0.1, 0.15) is 6.54 Å². The van der Waals surface area contributed by atoms with Crippen molar-refractivity contribution in [1.82, 2.24) is 9.97 Å². The Labute approximate surface area is 234 Å². The van der Waals surface area contributed by atoms with E-state index in [0.717, 1.165) is 15.4 Å². The van der Waals surface area contributed by atoms with Crippen LogP contribution in [0.5, 0.6) is 0 Å².